The number of allylic oxidation sites excluding steroid dienone is 14. The number of rotatable bonds is 45. The highest BCUT2D eigenvalue weighted by Gasteiger charge is 2.25. The second-order valence-corrected chi connectivity index (χ2v) is 18.1. The van der Waals surface area contributed by atoms with Crippen LogP contribution < -0.4 is 5.11 Å². The molecule has 0 aliphatic rings. The molecule has 0 amide bonds. The Morgan fingerprint density at radius 2 is 0.875 bits per heavy atom. The predicted molar refractivity (Wildman–Crippen MR) is 268 cm³/mol. The molecule has 0 aliphatic carbocycles. The lowest BCUT2D eigenvalue weighted by Crippen LogP contribution is -2.55. The third kappa shape index (κ3) is 43.7. The fraction of sp³-hybridized carbons (Fsp3) is 0.696. The molecule has 2 atom stereocenters. The van der Waals surface area contributed by atoms with Crippen LogP contribution in [0.4, 0.5) is 0 Å². The van der Waals surface area contributed by atoms with E-state index in [4.69, 9.17) is 14.2 Å². The number of ether oxygens (including phenoxy) is 3. The Morgan fingerprint density at radius 3 is 1.34 bits per heavy atom. The fourth-order valence-electron chi connectivity index (χ4n) is 7.02. The second kappa shape index (κ2) is 46.1. The Labute approximate surface area is 393 Å². The molecule has 8 nitrogen and oxygen atoms in total. The van der Waals surface area contributed by atoms with Gasteiger partial charge in [0.25, 0.3) is 0 Å². The van der Waals surface area contributed by atoms with E-state index in [1.165, 1.54) is 96.3 Å². The largest absolute Gasteiger partial charge is 0.544 e. The second-order valence-electron chi connectivity index (χ2n) is 18.1. The Hall–Kier alpha value is -3.49. The number of carbonyl (C=O) groups is 3. The van der Waals surface area contributed by atoms with E-state index in [9.17, 15) is 19.5 Å². The molecule has 8 heteroatoms. The fourth-order valence-corrected chi connectivity index (χ4v) is 7.02. The molecule has 0 bridgehead atoms. The van der Waals surface area contributed by atoms with Crippen LogP contribution in [-0.2, 0) is 28.6 Å². The van der Waals surface area contributed by atoms with Gasteiger partial charge in [0, 0.05) is 19.3 Å². The molecule has 0 rings (SSSR count). The summed E-state index contributed by atoms with van der Waals surface area (Å²) in [5, 5.41) is 11.7. The Balaban J connectivity index is 4.36. The van der Waals surface area contributed by atoms with E-state index in [0.29, 0.717) is 12.8 Å². The topological polar surface area (TPSA) is 102 Å². The van der Waals surface area contributed by atoms with Crippen LogP contribution in [-0.4, -0.2) is 75.5 Å². The van der Waals surface area contributed by atoms with Gasteiger partial charge in [-0.1, -0.05) is 176 Å². The zero-order valence-electron chi connectivity index (χ0n) is 41.7. The lowest BCUT2D eigenvalue weighted by molar-refractivity contribution is -0.889. The predicted octanol–water partition coefficient (Wildman–Crippen LogP) is 13.5. The van der Waals surface area contributed by atoms with Crippen molar-refractivity contribution in [3.8, 4) is 0 Å². The summed E-state index contributed by atoms with van der Waals surface area (Å²) in [6.45, 7) is 4.56. The SMILES string of the molecule is CCCCC/C=C/C=C/CCCCCCCCCCCCC(=O)OC(COCCC(C(=O)[O-])[N+](C)(C)C)COC(=O)CCCC/C=C/C/C=C/C/C=C/C/C=C/C/C=C/CCCCC. The highest BCUT2D eigenvalue weighted by atomic mass is 16.6. The van der Waals surface area contributed by atoms with Gasteiger partial charge in [0.2, 0.25) is 0 Å². The van der Waals surface area contributed by atoms with Crippen molar-refractivity contribution >= 4 is 17.9 Å². The lowest BCUT2D eigenvalue weighted by atomic mass is 10.1. The van der Waals surface area contributed by atoms with Crippen molar-refractivity contribution in [2.75, 3.05) is 41.0 Å². The molecular formula is C56H95NO7. The molecule has 0 N–H and O–H groups in total. The van der Waals surface area contributed by atoms with E-state index >= 15 is 0 Å². The summed E-state index contributed by atoms with van der Waals surface area (Å²) < 4.78 is 17.2. The van der Waals surface area contributed by atoms with Gasteiger partial charge in [-0.15, -0.1) is 0 Å². The number of likely N-dealkylation sites (N-methyl/N-ethyl adjacent to an activating group) is 1. The zero-order chi connectivity index (χ0) is 47.0. The highest BCUT2D eigenvalue weighted by molar-refractivity contribution is 5.70. The molecular weight excluding hydrogens is 799 g/mol. The highest BCUT2D eigenvalue weighted by Crippen LogP contribution is 2.14. The number of nitrogens with zero attached hydrogens (tertiary/aromatic N) is 1. The van der Waals surface area contributed by atoms with Gasteiger partial charge in [-0.3, -0.25) is 9.59 Å². The summed E-state index contributed by atoms with van der Waals surface area (Å²) >= 11 is 0. The molecule has 0 saturated heterocycles. The number of aliphatic carboxylic acids is 1. The smallest absolute Gasteiger partial charge is 0.306 e. The number of hydrogen-bond acceptors (Lipinski definition) is 7. The lowest BCUT2D eigenvalue weighted by Gasteiger charge is -2.34. The molecule has 0 aromatic heterocycles. The molecule has 0 fully saturated rings. The van der Waals surface area contributed by atoms with Crippen molar-refractivity contribution in [2.24, 2.45) is 0 Å². The van der Waals surface area contributed by atoms with Gasteiger partial charge in [0.15, 0.2) is 6.10 Å². The number of carboxylic acids is 1. The first kappa shape index (κ1) is 60.5. The van der Waals surface area contributed by atoms with Gasteiger partial charge in [0.1, 0.15) is 12.6 Å². The molecule has 0 radical (unpaired) electrons. The maximum Gasteiger partial charge on any atom is 0.306 e. The van der Waals surface area contributed by atoms with Crippen molar-refractivity contribution in [2.45, 2.75) is 212 Å². The van der Waals surface area contributed by atoms with Crippen LogP contribution in [0, 0.1) is 0 Å². The maximum atomic E-state index is 12.8. The Morgan fingerprint density at radius 1 is 0.484 bits per heavy atom. The molecule has 0 aromatic carbocycles. The quantitative estimate of drug-likeness (QED) is 0.0197. The summed E-state index contributed by atoms with van der Waals surface area (Å²) in [7, 11) is 5.39. The van der Waals surface area contributed by atoms with Crippen molar-refractivity contribution in [1.82, 2.24) is 0 Å². The van der Waals surface area contributed by atoms with Crippen LogP contribution in [0.5, 0.6) is 0 Å². The third-order valence-electron chi connectivity index (χ3n) is 11.0. The summed E-state index contributed by atoms with van der Waals surface area (Å²) in [5.41, 5.74) is 0. The summed E-state index contributed by atoms with van der Waals surface area (Å²) in [6.07, 6.45) is 60.4. The first-order valence-corrected chi connectivity index (χ1v) is 25.6. The zero-order valence-corrected chi connectivity index (χ0v) is 41.7. The Bertz CT molecular complexity index is 1320. The normalized spacial score (nSPS) is 13.6. The van der Waals surface area contributed by atoms with Crippen LogP contribution in [0.3, 0.4) is 0 Å². The van der Waals surface area contributed by atoms with Crippen molar-refractivity contribution in [3.63, 3.8) is 0 Å². The van der Waals surface area contributed by atoms with Crippen molar-refractivity contribution in [3.05, 3.63) is 85.1 Å². The summed E-state index contributed by atoms with van der Waals surface area (Å²) in [4.78, 5) is 37.0. The average molecular weight is 894 g/mol. The van der Waals surface area contributed by atoms with Crippen molar-refractivity contribution < 1.29 is 38.2 Å². The molecule has 2 unspecified atom stereocenters. The Kier molecular flexibility index (Phi) is 43.5. The van der Waals surface area contributed by atoms with Crippen molar-refractivity contribution in [1.29, 1.82) is 0 Å². The van der Waals surface area contributed by atoms with E-state index in [1.54, 1.807) is 21.1 Å². The summed E-state index contributed by atoms with van der Waals surface area (Å²) in [6, 6.07) is -0.738. The monoisotopic (exact) mass is 894 g/mol. The first-order valence-electron chi connectivity index (χ1n) is 25.6. The number of hydrogen-bond donors (Lipinski definition) is 0. The molecule has 64 heavy (non-hydrogen) atoms. The first-order chi connectivity index (χ1) is 31.1. The number of esters is 2. The van der Waals surface area contributed by atoms with E-state index in [1.807, 2.05) is 0 Å². The van der Waals surface area contributed by atoms with E-state index in [-0.39, 0.29) is 49.1 Å². The third-order valence-corrected chi connectivity index (χ3v) is 11.0. The minimum atomic E-state index is -1.13. The molecule has 0 saturated carbocycles. The van der Waals surface area contributed by atoms with Gasteiger partial charge >= 0.3 is 11.9 Å². The van der Waals surface area contributed by atoms with E-state index in [0.717, 1.165) is 64.2 Å². The number of quaternary nitrogens is 1. The summed E-state index contributed by atoms with van der Waals surface area (Å²) in [5.74, 6) is -1.80. The molecule has 0 heterocycles. The molecule has 366 valence electrons. The van der Waals surface area contributed by atoms with Gasteiger partial charge in [-0.2, -0.15) is 0 Å². The molecule has 0 spiro atoms. The van der Waals surface area contributed by atoms with E-state index < -0.39 is 18.1 Å². The van der Waals surface area contributed by atoms with Gasteiger partial charge in [-0.25, -0.2) is 0 Å². The number of carbonyl (C=O) groups excluding carboxylic acids is 3. The minimum Gasteiger partial charge on any atom is -0.544 e. The van der Waals surface area contributed by atoms with Gasteiger partial charge in [0.05, 0.1) is 40.3 Å². The average Bonchev–Trinajstić information content (AvgIpc) is 3.26. The minimum absolute atomic E-state index is 0.0212. The molecule has 0 aliphatic heterocycles. The van der Waals surface area contributed by atoms with Crippen LogP contribution in [0.15, 0.2) is 85.1 Å². The van der Waals surface area contributed by atoms with Crippen LogP contribution in [0.2, 0.25) is 0 Å². The van der Waals surface area contributed by atoms with Gasteiger partial charge < -0.3 is 28.6 Å². The van der Waals surface area contributed by atoms with Crippen LogP contribution in [0.25, 0.3) is 0 Å². The number of unbranched alkanes of at least 4 members (excludes halogenated alkanes) is 18. The van der Waals surface area contributed by atoms with Crippen LogP contribution in [0.1, 0.15) is 200 Å². The number of carboxylic acid groups (broad SMARTS) is 1. The standard InChI is InChI=1S/C56H95NO7/c1-6-8-10-12-14-16-18-20-22-24-26-27-29-30-32-34-36-38-40-42-44-46-54(58)63-51-52(50-62-49-48-53(56(60)61)57(3,4)5)64-55(59)47-45-43-41-39-37-35-33-31-28-25-23-21-19-17-15-13-11-9-7-2/h14-17,19-22,26-27,30,32,36,38,52-53H,6-13,18,23-25,28-29,31,33-35,37,39-51H2,1-5H3/b16-14+,17-15+,21-19+,22-20+,27-26+,32-30+,38-36+. The maximum absolute atomic E-state index is 12.8. The van der Waals surface area contributed by atoms with Crippen LogP contribution >= 0.6 is 0 Å². The molecule has 0 aromatic rings. The van der Waals surface area contributed by atoms with E-state index in [2.05, 4.69) is 98.9 Å². The van der Waals surface area contributed by atoms with Gasteiger partial charge in [-0.05, 0) is 89.9 Å².